The van der Waals surface area contributed by atoms with Crippen LogP contribution in [0.15, 0.2) is 30.5 Å². The Hall–Kier alpha value is -2.71. The smallest absolute Gasteiger partial charge is 0.327 e. The molecule has 0 radical (unpaired) electrons. The van der Waals surface area contributed by atoms with Gasteiger partial charge in [0.2, 0.25) is 0 Å². The molecule has 3 atom stereocenters. The summed E-state index contributed by atoms with van der Waals surface area (Å²) < 4.78 is 21.6. The van der Waals surface area contributed by atoms with E-state index in [2.05, 4.69) is 4.98 Å². The fourth-order valence-corrected chi connectivity index (χ4v) is 7.08. The summed E-state index contributed by atoms with van der Waals surface area (Å²) in [5, 5.41) is 0.574. The molecule has 1 aliphatic carbocycles. The Morgan fingerprint density at radius 2 is 2.00 bits per heavy atom. The van der Waals surface area contributed by atoms with Crippen LogP contribution in [0.5, 0.6) is 5.75 Å². The summed E-state index contributed by atoms with van der Waals surface area (Å²) in [6, 6.07) is 7.01. The molecule has 4 heterocycles. The zero-order valence-electron chi connectivity index (χ0n) is 20.0. The molecular formula is C27H27ClFN3O3S. The van der Waals surface area contributed by atoms with Crippen molar-refractivity contribution in [3.8, 4) is 16.9 Å². The van der Waals surface area contributed by atoms with Gasteiger partial charge in [-0.05, 0) is 75.3 Å². The molecule has 188 valence electrons. The van der Waals surface area contributed by atoms with E-state index in [1.165, 1.54) is 16.2 Å². The van der Waals surface area contributed by atoms with Gasteiger partial charge in [0.1, 0.15) is 24.1 Å². The number of imide groups is 1. The van der Waals surface area contributed by atoms with E-state index in [4.69, 9.17) is 16.3 Å². The summed E-state index contributed by atoms with van der Waals surface area (Å²) in [5.74, 6) is 0.530. The Morgan fingerprint density at radius 3 is 2.78 bits per heavy atom. The summed E-state index contributed by atoms with van der Waals surface area (Å²) >= 11 is 7.96. The maximum Gasteiger partial charge on any atom is 0.327 e. The quantitative estimate of drug-likeness (QED) is 0.355. The summed E-state index contributed by atoms with van der Waals surface area (Å²) in [6.07, 6.45) is 4.95. The summed E-state index contributed by atoms with van der Waals surface area (Å²) in [4.78, 5) is 34.4. The number of nitrogens with zero attached hydrogens (tertiary/aromatic N) is 3. The van der Waals surface area contributed by atoms with Crippen molar-refractivity contribution in [2.45, 2.75) is 70.3 Å². The van der Waals surface area contributed by atoms with E-state index in [0.717, 1.165) is 57.5 Å². The molecule has 2 saturated heterocycles. The molecule has 2 aromatic heterocycles. The highest BCUT2D eigenvalue weighted by molar-refractivity contribution is 7.19. The molecular weight excluding hydrogens is 501 g/mol. The Labute approximate surface area is 218 Å². The van der Waals surface area contributed by atoms with Gasteiger partial charge in [-0.25, -0.2) is 9.18 Å². The Balaban J connectivity index is 1.36. The second kappa shape index (κ2) is 9.30. The van der Waals surface area contributed by atoms with Crippen molar-refractivity contribution in [2.24, 2.45) is 0 Å². The van der Waals surface area contributed by atoms with Gasteiger partial charge in [0.25, 0.3) is 5.91 Å². The SMILES string of the molecule is Cc1cc(Cl)cc(-c2ccnc3cc(CN4C(=O)C5CCCCN5C4=O)sc23)c1O[C@@H]1CCC[C@@H]1F. The maximum absolute atomic E-state index is 14.4. The number of ether oxygens (including phenoxy) is 1. The van der Waals surface area contributed by atoms with Crippen molar-refractivity contribution >= 4 is 45.1 Å². The highest BCUT2D eigenvalue weighted by Crippen LogP contribution is 2.43. The van der Waals surface area contributed by atoms with Crippen molar-refractivity contribution in [3.05, 3.63) is 45.9 Å². The highest BCUT2D eigenvalue weighted by Gasteiger charge is 2.45. The number of hydrogen-bond donors (Lipinski definition) is 0. The largest absolute Gasteiger partial charge is 0.486 e. The first kappa shape index (κ1) is 23.7. The van der Waals surface area contributed by atoms with Crippen molar-refractivity contribution in [1.29, 1.82) is 0 Å². The number of fused-ring (bicyclic) bond motifs is 2. The molecule has 6 rings (SSSR count). The topological polar surface area (TPSA) is 62.7 Å². The molecule has 6 nitrogen and oxygen atoms in total. The highest BCUT2D eigenvalue weighted by atomic mass is 35.5. The second-order valence-electron chi connectivity index (χ2n) is 9.90. The van der Waals surface area contributed by atoms with Gasteiger partial charge in [-0.15, -0.1) is 11.3 Å². The van der Waals surface area contributed by atoms with Gasteiger partial charge in [-0.3, -0.25) is 14.7 Å². The molecule has 1 saturated carbocycles. The van der Waals surface area contributed by atoms with Crippen molar-refractivity contribution in [2.75, 3.05) is 6.54 Å². The number of alkyl halides is 1. The molecule has 3 aromatic rings. The van der Waals surface area contributed by atoms with Gasteiger partial charge >= 0.3 is 6.03 Å². The number of hydrogen-bond acceptors (Lipinski definition) is 5. The molecule has 0 spiro atoms. The maximum atomic E-state index is 14.4. The van der Waals surface area contributed by atoms with Crippen molar-refractivity contribution < 1.29 is 18.7 Å². The van der Waals surface area contributed by atoms with Crippen LogP contribution in [-0.2, 0) is 11.3 Å². The molecule has 3 fully saturated rings. The van der Waals surface area contributed by atoms with Crippen LogP contribution in [0.25, 0.3) is 21.3 Å². The number of amides is 3. The lowest BCUT2D eigenvalue weighted by atomic mass is 10.0. The minimum absolute atomic E-state index is 0.108. The van der Waals surface area contributed by atoms with Gasteiger partial charge < -0.3 is 9.64 Å². The first-order valence-electron chi connectivity index (χ1n) is 12.5. The zero-order chi connectivity index (χ0) is 25.0. The van der Waals surface area contributed by atoms with Crippen LogP contribution in [0.4, 0.5) is 9.18 Å². The Kier molecular flexibility index (Phi) is 6.12. The molecule has 0 bridgehead atoms. The monoisotopic (exact) mass is 527 g/mol. The lowest BCUT2D eigenvalue weighted by Crippen LogP contribution is -2.38. The fraction of sp³-hybridized carbons (Fsp3) is 0.444. The van der Waals surface area contributed by atoms with Crippen LogP contribution in [-0.4, -0.2) is 51.6 Å². The number of carbonyl (C=O) groups excluding carboxylic acids is 2. The van der Waals surface area contributed by atoms with Crippen molar-refractivity contribution in [3.63, 3.8) is 0 Å². The number of aromatic nitrogens is 1. The number of urea groups is 1. The molecule has 2 aliphatic heterocycles. The summed E-state index contributed by atoms with van der Waals surface area (Å²) in [5.41, 5.74) is 3.31. The number of piperidine rings is 1. The number of pyridine rings is 1. The third kappa shape index (κ3) is 4.04. The fourth-order valence-electron chi connectivity index (χ4n) is 5.68. The number of halogens is 2. The number of rotatable bonds is 5. The van der Waals surface area contributed by atoms with Crippen molar-refractivity contribution in [1.82, 2.24) is 14.8 Å². The van der Waals surface area contributed by atoms with Crippen LogP contribution < -0.4 is 4.74 Å². The summed E-state index contributed by atoms with van der Waals surface area (Å²) in [7, 11) is 0. The number of thiophene rings is 1. The number of aryl methyl sites for hydroxylation is 1. The zero-order valence-corrected chi connectivity index (χ0v) is 21.6. The van der Waals surface area contributed by atoms with Gasteiger partial charge in [-0.1, -0.05) is 11.6 Å². The third-order valence-electron chi connectivity index (χ3n) is 7.48. The average molecular weight is 528 g/mol. The molecule has 9 heteroatoms. The number of benzene rings is 1. The minimum atomic E-state index is -0.978. The van der Waals surface area contributed by atoms with Crippen LogP contribution in [0, 0.1) is 6.92 Å². The van der Waals surface area contributed by atoms with E-state index in [1.807, 2.05) is 31.2 Å². The van der Waals surface area contributed by atoms with Crippen LogP contribution in [0.1, 0.15) is 49.0 Å². The third-order valence-corrected chi connectivity index (χ3v) is 8.84. The van der Waals surface area contributed by atoms with E-state index < -0.39 is 12.3 Å². The predicted octanol–water partition coefficient (Wildman–Crippen LogP) is 6.51. The predicted molar refractivity (Wildman–Crippen MR) is 138 cm³/mol. The molecule has 1 unspecified atom stereocenters. The van der Waals surface area contributed by atoms with Gasteiger partial charge in [0, 0.05) is 33.8 Å². The van der Waals surface area contributed by atoms with Gasteiger partial charge in [0.15, 0.2) is 0 Å². The van der Waals surface area contributed by atoms with E-state index in [9.17, 15) is 14.0 Å². The first-order valence-corrected chi connectivity index (χ1v) is 13.7. The Bertz CT molecular complexity index is 1340. The van der Waals surface area contributed by atoms with E-state index >= 15 is 0 Å². The normalized spacial score (nSPS) is 24.1. The van der Waals surface area contributed by atoms with E-state index in [1.54, 1.807) is 11.1 Å². The molecule has 3 amide bonds. The second-order valence-corrected chi connectivity index (χ2v) is 11.5. The standard InChI is InChI=1S/C27H27ClFN3O3S/c1-15-11-16(28)12-19(24(15)35-23-7-4-5-20(23)29)18-8-9-30-21-13-17(36-25(18)21)14-32-26(33)22-6-2-3-10-31(22)27(32)34/h8-9,11-13,20,22-23H,2-7,10,14H2,1H3/t20-,22?,23+/m0/s1. The average Bonchev–Trinajstić information content (AvgIpc) is 3.53. The lowest BCUT2D eigenvalue weighted by molar-refractivity contribution is -0.129. The van der Waals surface area contributed by atoms with Gasteiger partial charge in [0.05, 0.1) is 16.8 Å². The molecule has 0 N–H and O–H groups in total. The van der Waals surface area contributed by atoms with Crippen LogP contribution in [0.2, 0.25) is 5.02 Å². The number of carbonyl (C=O) groups is 2. The Morgan fingerprint density at radius 1 is 1.14 bits per heavy atom. The summed E-state index contributed by atoms with van der Waals surface area (Å²) in [6.45, 7) is 2.79. The van der Waals surface area contributed by atoms with Crippen LogP contribution in [0.3, 0.4) is 0 Å². The van der Waals surface area contributed by atoms with E-state index in [0.29, 0.717) is 30.2 Å². The van der Waals surface area contributed by atoms with Crippen LogP contribution >= 0.6 is 22.9 Å². The molecule has 36 heavy (non-hydrogen) atoms. The first-order chi connectivity index (χ1) is 17.4. The van der Waals surface area contributed by atoms with E-state index in [-0.39, 0.29) is 24.5 Å². The lowest BCUT2D eigenvalue weighted by Gasteiger charge is -2.26. The minimum Gasteiger partial charge on any atom is -0.486 e. The molecule has 3 aliphatic rings. The molecule has 1 aromatic carbocycles. The van der Waals surface area contributed by atoms with Gasteiger partial charge in [-0.2, -0.15) is 0 Å².